The van der Waals surface area contributed by atoms with Gasteiger partial charge in [-0.15, -0.1) is 13.2 Å². The molecule has 1 nitrogen and oxygen atoms in total. The highest BCUT2D eigenvalue weighted by Gasteiger charge is 2.34. The van der Waals surface area contributed by atoms with Crippen molar-refractivity contribution < 1.29 is 26.7 Å². The van der Waals surface area contributed by atoms with Crippen LogP contribution in [0.15, 0.2) is 24.3 Å². The lowest BCUT2D eigenvalue weighted by molar-refractivity contribution is -0.276. The highest BCUT2D eigenvalue weighted by molar-refractivity contribution is 5.31. The first kappa shape index (κ1) is 23.7. The van der Waals surface area contributed by atoms with Gasteiger partial charge in [0.15, 0.2) is 11.6 Å². The highest BCUT2D eigenvalue weighted by Crippen LogP contribution is 2.35. The molecule has 0 N–H and O–H groups in total. The number of rotatable bonds is 10. The van der Waals surface area contributed by atoms with Crippen LogP contribution in [-0.4, -0.2) is 6.36 Å². The standard InChI is InChI=1S/C23H31F5O/c1-2-3-4-5-6-7-8-17-9-11-18(12-10-17)13-14-19-15-20(24)22(21(25)16-19)29-23(26,27)28/h3-4,15-18H,2,5-14H2,1H3/b4-3+. The summed E-state index contributed by atoms with van der Waals surface area (Å²) < 4.78 is 67.7. The van der Waals surface area contributed by atoms with Crippen molar-refractivity contribution in [2.24, 2.45) is 11.8 Å². The zero-order valence-electron chi connectivity index (χ0n) is 17.0. The lowest BCUT2D eigenvalue weighted by atomic mass is 9.78. The molecule has 29 heavy (non-hydrogen) atoms. The Labute approximate surface area is 170 Å². The molecule has 0 aliphatic heterocycles. The number of benzene rings is 1. The van der Waals surface area contributed by atoms with Gasteiger partial charge in [0.1, 0.15) is 0 Å². The number of allylic oxidation sites excluding steroid dienone is 2. The molecule has 0 amide bonds. The third kappa shape index (κ3) is 8.75. The molecule has 1 aliphatic carbocycles. The molecule has 0 spiro atoms. The van der Waals surface area contributed by atoms with Gasteiger partial charge in [-0.3, -0.25) is 0 Å². The van der Waals surface area contributed by atoms with Gasteiger partial charge in [-0.2, -0.15) is 0 Å². The fourth-order valence-electron chi connectivity index (χ4n) is 4.13. The SMILES string of the molecule is CC/C=C/CCCCC1CCC(CCc2cc(F)c(OC(F)(F)F)c(F)c2)CC1. The summed E-state index contributed by atoms with van der Waals surface area (Å²) >= 11 is 0. The number of hydrogen-bond donors (Lipinski definition) is 0. The average Bonchev–Trinajstić information content (AvgIpc) is 2.66. The van der Waals surface area contributed by atoms with Crippen LogP contribution in [0.4, 0.5) is 22.0 Å². The summed E-state index contributed by atoms with van der Waals surface area (Å²) in [4.78, 5) is 0. The second-order valence-corrected chi connectivity index (χ2v) is 8.03. The highest BCUT2D eigenvalue weighted by atomic mass is 19.4. The van der Waals surface area contributed by atoms with Gasteiger partial charge in [0.25, 0.3) is 0 Å². The predicted molar refractivity (Wildman–Crippen MR) is 105 cm³/mol. The van der Waals surface area contributed by atoms with Crippen molar-refractivity contribution in [1.29, 1.82) is 0 Å². The van der Waals surface area contributed by atoms with Gasteiger partial charge in [0.2, 0.25) is 5.75 Å². The molecule has 0 heterocycles. The minimum Gasteiger partial charge on any atom is -0.399 e. The van der Waals surface area contributed by atoms with Crippen LogP contribution in [0.25, 0.3) is 0 Å². The molecule has 0 unspecified atom stereocenters. The van der Waals surface area contributed by atoms with E-state index in [1.165, 1.54) is 32.1 Å². The molecule has 1 aromatic rings. The maximum Gasteiger partial charge on any atom is 0.573 e. The van der Waals surface area contributed by atoms with E-state index in [0.717, 1.165) is 50.2 Å². The molecule has 0 radical (unpaired) electrons. The smallest absolute Gasteiger partial charge is 0.399 e. The summed E-state index contributed by atoms with van der Waals surface area (Å²) in [5, 5.41) is 0. The van der Waals surface area contributed by atoms with Gasteiger partial charge in [-0.25, -0.2) is 8.78 Å². The third-order valence-electron chi connectivity index (χ3n) is 5.72. The number of ether oxygens (including phenoxy) is 1. The number of halogens is 5. The molecule has 6 heteroatoms. The van der Waals surface area contributed by atoms with E-state index in [4.69, 9.17) is 0 Å². The molecule has 164 valence electrons. The molecule has 0 bridgehead atoms. The average molecular weight is 418 g/mol. The maximum atomic E-state index is 13.8. The fourth-order valence-corrected chi connectivity index (χ4v) is 4.13. The van der Waals surface area contributed by atoms with Crippen LogP contribution in [0, 0.1) is 23.5 Å². The van der Waals surface area contributed by atoms with E-state index < -0.39 is 23.7 Å². The second-order valence-electron chi connectivity index (χ2n) is 8.03. The van der Waals surface area contributed by atoms with Gasteiger partial charge >= 0.3 is 6.36 Å². The van der Waals surface area contributed by atoms with E-state index in [2.05, 4.69) is 23.8 Å². The van der Waals surface area contributed by atoms with Crippen molar-refractivity contribution in [3.63, 3.8) is 0 Å². The van der Waals surface area contributed by atoms with Gasteiger partial charge in [0.05, 0.1) is 0 Å². The van der Waals surface area contributed by atoms with Crippen molar-refractivity contribution >= 4 is 0 Å². The summed E-state index contributed by atoms with van der Waals surface area (Å²) in [5.41, 5.74) is 0.372. The van der Waals surface area contributed by atoms with E-state index in [1.54, 1.807) is 0 Å². The Bertz CT molecular complexity index is 622. The van der Waals surface area contributed by atoms with E-state index in [1.807, 2.05) is 0 Å². The molecule has 1 aliphatic rings. The molecule has 1 saturated carbocycles. The van der Waals surface area contributed by atoms with Crippen molar-refractivity contribution in [2.75, 3.05) is 0 Å². The monoisotopic (exact) mass is 418 g/mol. The normalized spacial score (nSPS) is 20.3. The summed E-state index contributed by atoms with van der Waals surface area (Å²) in [6.45, 7) is 2.14. The first-order valence-corrected chi connectivity index (χ1v) is 10.7. The predicted octanol–water partition coefficient (Wildman–Crippen LogP) is 8.13. The Hall–Kier alpha value is -1.59. The topological polar surface area (TPSA) is 9.23 Å². The van der Waals surface area contributed by atoms with Crippen LogP contribution in [0.3, 0.4) is 0 Å². The molecule has 1 aromatic carbocycles. The molecular formula is C23H31F5O. The zero-order valence-corrected chi connectivity index (χ0v) is 17.0. The van der Waals surface area contributed by atoms with Crippen molar-refractivity contribution in [3.8, 4) is 5.75 Å². The first-order valence-electron chi connectivity index (χ1n) is 10.7. The molecule has 0 aromatic heterocycles. The third-order valence-corrected chi connectivity index (χ3v) is 5.72. The van der Waals surface area contributed by atoms with Crippen LogP contribution in [0.1, 0.15) is 76.7 Å². The van der Waals surface area contributed by atoms with Crippen LogP contribution >= 0.6 is 0 Å². The summed E-state index contributed by atoms with van der Waals surface area (Å²) in [5.74, 6) is -2.72. The summed E-state index contributed by atoms with van der Waals surface area (Å²) in [6.07, 6.45) is 11.2. The van der Waals surface area contributed by atoms with Crippen LogP contribution in [0.2, 0.25) is 0 Å². The maximum absolute atomic E-state index is 13.8. The number of alkyl halides is 3. The van der Waals surface area contributed by atoms with Crippen molar-refractivity contribution in [1.82, 2.24) is 0 Å². The lowest BCUT2D eigenvalue weighted by Gasteiger charge is -2.28. The Morgan fingerprint density at radius 2 is 1.52 bits per heavy atom. The summed E-state index contributed by atoms with van der Waals surface area (Å²) in [7, 11) is 0. The van der Waals surface area contributed by atoms with E-state index in [-0.39, 0.29) is 0 Å². The Morgan fingerprint density at radius 1 is 0.931 bits per heavy atom. The molecule has 2 rings (SSSR count). The largest absolute Gasteiger partial charge is 0.573 e. The Kier molecular flexibility index (Phi) is 9.44. The van der Waals surface area contributed by atoms with Crippen molar-refractivity contribution in [2.45, 2.75) is 83.9 Å². The minimum absolute atomic E-state index is 0.372. The minimum atomic E-state index is -5.12. The van der Waals surface area contributed by atoms with Gasteiger partial charge in [-0.05, 0) is 61.6 Å². The van der Waals surface area contributed by atoms with Gasteiger partial charge < -0.3 is 4.74 Å². The van der Waals surface area contributed by atoms with E-state index in [9.17, 15) is 22.0 Å². The number of unbranched alkanes of at least 4 members (excludes halogenated alkanes) is 2. The first-order chi connectivity index (χ1) is 13.8. The van der Waals surface area contributed by atoms with Crippen LogP contribution in [-0.2, 0) is 6.42 Å². The molecule has 1 fully saturated rings. The Morgan fingerprint density at radius 3 is 2.07 bits per heavy atom. The Balaban J connectivity index is 1.71. The molecule has 0 saturated heterocycles. The number of hydrogen-bond acceptors (Lipinski definition) is 1. The zero-order chi connectivity index (χ0) is 21.3. The van der Waals surface area contributed by atoms with Gasteiger partial charge in [0, 0.05) is 0 Å². The fraction of sp³-hybridized carbons (Fsp3) is 0.652. The summed E-state index contributed by atoms with van der Waals surface area (Å²) in [6, 6.07) is 1.89. The van der Waals surface area contributed by atoms with E-state index in [0.29, 0.717) is 17.9 Å². The van der Waals surface area contributed by atoms with Gasteiger partial charge in [-0.1, -0.05) is 57.6 Å². The molecule has 0 atom stereocenters. The lowest BCUT2D eigenvalue weighted by Crippen LogP contribution is -2.19. The van der Waals surface area contributed by atoms with Crippen molar-refractivity contribution in [3.05, 3.63) is 41.5 Å². The molecular weight excluding hydrogens is 387 g/mol. The number of aryl methyl sites for hydroxylation is 1. The second kappa shape index (κ2) is 11.6. The quantitative estimate of drug-likeness (QED) is 0.212. The van der Waals surface area contributed by atoms with E-state index >= 15 is 0 Å². The van der Waals surface area contributed by atoms with Crippen LogP contribution in [0.5, 0.6) is 5.75 Å². The van der Waals surface area contributed by atoms with Crippen LogP contribution < -0.4 is 4.74 Å².